The highest BCUT2D eigenvalue weighted by atomic mass is 16.6. The molecule has 1 aromatic rings. The third kappa shape index (κ3) is 4.62. The quantitative estimate of drug-likeness (QED) is 0.859. The van der Waals surface area contributed by atoms with Crippen molar-refractivity contribution in [3.05, 3.63) is 24.4 Å². The van der Waals surface area contributed by atoms with Crippen LogP contribution in [0.1, 0.15) is 27.2 Å². The maximum Gasteiger partial charge on any atom is 0.410 e. The van der Waals surface area contributed by atoms with Crippen molar-refractivity contribution in [3.8, 4) is 0 Å². The number of carbonyl (C=O) groups excluding carboxylic acids is 1. The molecule has 5 heteroatoms. The van der Waals surface area contributed by atoms with Gasteiger partial charge in [-0.25, -0.2) is 9.78 Å². The fourth-order valence-corrected chi connectivity index (χ4v) is 2.53. The topological polar surface area (TPSA) is 45.7 Å². The Bertz CT molecular complexity index is 470. The number of rotatable bonds is 3. The van der Waals surface area contributed by atoms with Crippen LogP contribution in [0.3, 0.4) is 0 Å². The van der Waals surface area contributed by atoms with Crippen LogP contribution in [0.15, 0.2) is 24.4 Å². The first kappa shape index (κ1) is 15.6. The lowest BCUT2D eigenvalue weighted by Crippen LogP contribution is -2.36. The van der Waals surface area contributed by atoms with E-state index in [9.17, 15) is 4.79 Å². The average Bonchev–Trinajstić information content (AvgIpc) is 2.86. The molecule has 2 rings (SSSR count). The monoisotopic (exact) mass is 291 g/mol. The van der Waals surface area contributed by atoms with E-state index >= 15 is 0 Å². The first-order valence-electron chi connectivity index (χ1n) is 7.45. The number of anilines is 1. The number of aromatic nitrogens is 1. The molecule has 0 aromatic carbocycles. The minimum Gasteiger partial charge on any atom is -0.444 e. The third-order valence-corrected chi connectivity index (χ3v) is 3.51. The van der Waals surface area contributed by atoms with Crippen molar-refractivity contribution in [1.82, 2.24) is 9.88 Å². The number of hydrogen-bond acceptors (Lipinski definition) is 4. The van der Waals surface area contributed by atoms with Gasteiger partial charge in [-0.2, -0.15) is 0 Å². The van der Waals surface area contributed by atoms with Gasteiger partial charge in [-0.05, 0) is 45.2 Å². The van der Waals surface area contributed by atoms with Crippen LogP contribution in [0.4, 0.5) is 10.6 Å². The van der Waals surface area contributed by atoms with Crippen molar-refractivity contribution in [2.45, 2.75) is 32.8 Å². The predicted molar refractivity (Wildman–Crippen MR) is 83.4 cm³/mol. The van der Waals surface area contributed by atoms with Crippen LogP contribution in [-0.2, 0) is 4.74 Å². The summed E-state index contributed by atoms with van der Waals surface area (Å²) in [5.41, 5.74) is -0.431. The van der Waals surface area contributed by atoms with E-state index in [-0.39, 0.29) is 6.09 Å². The zero-order valence-corrected chi connectivity index (χ0v) is 13.4. The van der Waals surface area contributed by atoms with Crippen molar-refractivity contribution in [3.63, 3.8) is 0 Å². The van der Waals surface area contributed by atoms with Gasteiger partial charge in [-0.3, -0.25) is 0 Å². The van der Waals surface area contributed by atoms with Crippen molar-refractivity contribution in [2.75, 3.05) is 31.6 Å². The van der Waals surface area contributed by atoms with Crippen LogP contribution >= 0.6 is 0 Å². The van der Waals surface area contributed by atoms with E-state index < -0.39 is 5.60 Å². The number of nitrogens with zero attached hydrogens (tertiary/aromatic N) is 3. The van der Waals surface area contributed by atoms with Gasteiger partial charge in [0.15, 0.2) is 0 Å². The van der Waals surface area contributed by atoms with Crippen LogP contribution < -0.4 is 4.90 Å². The van der Waals surface area contributed by atoms with E-state index in [1.807, 2.05) is 50.9 Å². The maximum absolute atomic E-state index is 12.0. The van der Waals surface area contributed by atoms with Crippen LogP contribution in [0.25, 0.3) is 0 Å². The van der Waals surface area contributed by atoms with Gasteiger partial charge in [0.2, 0.25) is 0 Å². The molecule has 1 saturated heterocycles. The van der Waals surface area contributed by atoms with Crippen LogP contribution in [-0.4, -0.2) is 48.3 Å². The minimum absolute atomic E-state index is 0.203. The number of likely N-dealkylation sites (tertiary alicyclic amines) is 1. The van der Waals surface area contributed by atoms with Gasteiger partial charge >= 0.3 is 6.09 Å². The van der Waals surface area contributed by atoms with Crippen molar-refractivity contribution < 1.29 is 9.53 Å². The second kappa shape index (κ2) is 6.33. The van der Waals surface area contributed by atoms with Gasteiger partial charge in [0.1, 0.15) is 11.4 Å². The van der Waals surface area contributed by atoms with Gasteiger partial charge in [0.25, 0.3) is 0 Å². The molecule has 0 saturated carbocycles. The molecule has 1 aliphatic heterocycles. The molecule has 116 valence electrons. The summed E-state index contributed by atoms with van der Waals surface area (Å²) in [5, 5.41) is 0. The molecule has 0 spiro atoms. The summed E-state index contributed by atoms with van der Waals surface area (Å²) in [4.78, 5) is 20.3. The van der Waals surface area contributed by atoms with E-state index in [2.05, 4.69) is 9.88 Å². The molecule has 5 nitrogen and oxygen atoms in total. The Morgan fingerprint density at radius 2 is 2.24 bits per heavy atom. The Labute approximate surface area is 126 Å². The summed E-state index contributed by atoms with van der Waals surface area (Å²) in [5.74, 6) is 1.43. The lowest BCUT2D eigenvalue weighted by atomic mass is 10.1. The number of pyridine rings is 1. The van der Waals surface area contributed by atoms with E-state index in [1.54, 1.807) is 6.20 Å². The van der Waals surface area contributed by atoms with Crippen LogP contribution in [0, 0.1) is 5.92 Å². The number of hydrogen-bond donors (Lipinski definition) is 0. The summed E-state index contributed by atoms with van der Waals surface area (Å²) < 4.78 is 5.42. The maximum atomic E-state index is 12.0. The molecule has 2 heterocycles. The van der Waals surface area contributed by atoms with Crippen molar-refractivity contribution in [2.24, 2.45) is 5.92 Å². The molecular weight excluding hydrogens is 266 g/mol. The third-order valence-electron chi connectivity index (χ3n) is 3.51. The number of amides is 1. The zero-order valence-electron chi connectivity index (χ0n) is 13.4. The van der Waals surface area contributed by atoms with Gasteiger partial charge < -0.3 is 14.5 Å². The summed E-state index contributed by atoms with van der Waals surface area (Å²) in [6, 6.07) is 5.90. The van der Waals surface area contributed by atoms with Crippen molar-refractivity contribution in [1.29, 1.82) is 0 Å². The van der Waals surface area contributed by atoms with E-state index in [0.29, 0.717) is 5.92 Å². The van der Waals surface area contributed by atoms with Gasteiger partial charge in [0.05, 0.1) is 0 Å². The molecule has 0 aliphatic carbocycles. The van der Waals surface area contributed by atoms with Crippen LogP contribution in [0.5, 0.6) is 0 Å². The van der Waals surface area contributed by atoms with E-state index in [1.165, 1.54) is 0 Å². The number of carbonyl (C=O) groups is 1. The molecule has 0 bridgehead atoms. The normalized spacial score (nSPS) is 18.7. The highest BCUT2D eigenvalue weighted by Crippen LogP contribution is 2.21. The van der Waals surface area contributed by atoms with Gasteiger partial charge in [-0.1, -0.05) is 6.07 Å². The Kier molecular flexibility index (Phi) is 4.70. The molecule has 0 N–H and O–H groups in total. The first-order chi connectivity index (χ1) is 9.85. The molecule has 1 atom stereocenters. The van der Waals surface area contributed by atoms with Gasteiger partial charge in [0, 0.05) is 32.9 Å². The van der Waals surface area contributed by atoms with E-state index in [4.69, 9.17) is 4.74 Å². The summed E-state index contributed by atoms with van der Waals surface area (Å²) in [7, 11) is 2.04. The highest BCUT2D eigenvalue weighted by molar-refractivity contribution is 5.68. The lowest BCUT2D eigenvalue weighted by molar-refractivity contribution is 0.0288. The van der Waals surface area contributed by atoms with Crippen LogP contribution in [0.2, 0.25) is 0 Å². The molecule has 0 radical (unpaired) electrons. The SMILES string of the molecule is CN(C[C@@H]1CCN(C(=O)OC(C)(C)C)C1)c1ccccn1. The zero-order chi connectivity index (χ0) is 15.5. The second-order valence-electron chi connectivity index (χ2n) is 6.65. The molecule has 1 aromatic heterocycles. The molecule has 0 unspecified atom stereocenters. The highest BCUT2D eigenvalue weighted by Gasteiger charge is 2.30. The molecule has 1 aliphatic rings. The molecular formula is C16H25N3O2. The lowest BCUT2D eigenvalue weighted by Gasteiger charge is -2.25. The molecule has 1 fully saturated rings. The fourth-order valence-electron chi connectivity index (χ4n) is 2.53. The second-order valence-corrected chi connectivity index (χ2v) is 6.65. The minimum atomic E-state index is -0.431. The largest absolute Gasteiger partial charge is 0.444 e. The Morgan fingerprint density at radius 3 is 2.86 bits per heavy atom. The summed E-state index contributed by atoms with van der Waals surface area (Å²) >= 11 is 0. The summed E-state index contributed by atoms with van der Waals surface area (Å²) in [6.07, 6.45) is 2.61. The fraction of sp³-hybridized carbons (Fsp3) is 0.625. The molecule has 21 heavy (non-hydrogen) atoms. The van der Waals surface area contributed by atoms with Crippen molar-refractivity contribution >= 4 is 11.9 Å². The Hall–Kier alpha value is -1.78. The Balaban J connectivity index is 1.84. The number of ether oxygens (including phenoxy) is 1. The van der Waals surface area contributed by atoms with Gasteiger partial charge in [-0.15, -0.1) is 0 Å². The predicted octanol–water partition coefficient (Wildman–Crippen LogP) is 2.77. The van der Waals surface area contributed by atoms with E-state index in [0.717, 1.165) is 31.9 Å². The smallest absolute Gasteiger partial charge is 0.410 e. The molecule has 1 amide bonds. The first-order valence-corrected chi connectivity index (χ1v) is 7.45. The summed E-state index contributed by atoms with van der Waals surface area (Å²) in [6.45, 7) is 8.12. The average molecular weight is 291 g/mol. The standard InChI is InChI=1S/C16H25N3O2/c1-16(2,3)21-15(20)19-10-8-13(12-19)11-18(4)14-7-5-6-9-17-14/h5-7,9,13H,8,10-12H2,1-4H3/t13-/m0/s1. The Morgan fingerprint density at radius 1 is 1.48 bits per heavy atom.